The fourth-order valence-corrected chi connectivity index (χ4v) is 7.41. The fourth-order valence-electron chi connectivity index (χ4n) is 6.59. The van der Waals surface area contributed by atoms with Crippen molar-refractivity contribution >= 4 is 24.8 Å². The molecule has 0 saturated heterocycles. The Morgan fingerprint density at radius 3 is 1.59 bits per heavy atom. The quantitative estimate of drug-likeness (QED) is 0.129. The number of benzene rings is 4. The van der Waals surface area contributed by atoms with E-state index in [2.05, 4.69) is 151 Å². The molecule has 1 atom stereocenters. The zero-order valence-corrected chi connectivity index (χ0v) is 31.5. The van der Waals surface area contributed by atoms with Gasteiger partial charge in [-0.25, -0.2) is 5.57 Å². The van der Waals surface area contributed by atoms with Crippen molar-refractivity contribution in [3.63, 3.8) is 0 Å². The van der Waals surface area contributed by atoms with Crippen LogP contribution in [0.2, 0.25) is 0 Å². The average molecular weight is 684 g/mol. The normalized spacial score (nSPS) is 14.1. The Morgan fingerprint density at radius 1 is 0.630 bits per heavy atom. The van der Waals surface area contributed by atoms with E-state index in [1.54, 1.807) is 16.7 Å². The Bertz CT molecular complexity index is 1650. The molecular formula is C45H52Zr. The third-order valence-electron chi connectivity index (χ3n) is 8.76. The van der Waals surface area contributed by atoms with Crippen LogP contribution in [0.25, 0.3) is 21.5 Å². The van der Waals surface area contributed by atoms with Gasteiger partial charge in [-0.1, -0.05) is 114 Å². The van der Waals surface area contributed by atoms with Crippen LogP contribution >= 0.6 is 0 Å². The van der Waals surface area contributed by atoms with E-state index >= 15 is 0 Å². The Morgan fingerprint density at radius 2 is 1.13 bits per heavy atom. The van der Waals surface area contributed by atoms with E-state index in [1.807, 2.05) is 0 Å². The second-order valence-electron chi connectivity index (χ2n) is 12.7. The van der Waals surface area contributed by atoms with Gasteiger partial charge in [0.15, 0.2) is 0 Å². The summed E-state index contributed by atoms with van der Waals surface area (Å²) in [5.74, 6) is 0.656. The molecule has 0 fully saturated rings. The molecule has 1 aliphatic rings. The minimum absolute atomic E-state index is 0.656. The van der Waals surface area contributed by atoms with Gasteiger partial charge >= 0.3 is 99.2 Å². The van der Waals surface area contributed by atoms with Crippen LogP contribution in [0.15, 0.2) is 120 Å². The van der Waals surface area contributed by atoms with Gasteiger partial charge in [0.1, 0.15) is 0 Å². The minimum atomic E-state index is 0.656. The number of hydrogen-bond acceptors (Lipinski definition) is 0. The average Bonchev–Trinajstić information content (AvgIpc) is 3.58. The molecule has 5 aromatic rings. The molecule has 0 aromatic heterocycles. The summed E-state index contributed by atoms with van der Waals surface area (Å²) in [5.41, 5.74) is 10.3. The van der Waals surface area contributed by atoms with Crippen molar-refractivity contribution < 1.29 is 24.2 Å². The topological polar surface area (TPSA) is 0 Å². The number of aryl methyl sites for hydroxylation is 2. The monoisotopic (exact) mass is 682 g/mol. The summed E-state index contributed by atoms with van der Waals surface area (Å²) in [4.78, 5) is 0. The van der Waals surface area contributed by atoms with Crippen LogP contribution in [0.1, 0.15) is 101 Å². The van der Waals surface area contributed by atoms with Crippen molar-refractivity contribution in [3.8, 4) is 0 Å². The predicted molar refractivity (Wildman–Crippen MR) is 200 cm³/mol. The molecule has 0 N–H and O–H groups in total. The van der Waals surface area contributed by atoms with E-state index < -0.39 is 0 Å². The van der Waals surface area contributed by atoms with Crippen LogP contribution in [-0.4, -0.2) is 3.21 Å². The standard InChI is InChI=1S/C17H29.C15H13.C13H10.Zr/c1-5-9-14-13-15(10-6-2)17(12-8-4)16(14)11-7-3;1-10-3-5-14-12(7-10)9-13-8-11(2)4-6-15(13)14;1-3-7-12(8-4-1)11-13-9-5-2-6-10-13;/h14H,5-12H2,1-4H3;3-9H,1-2H3;1-10H;/q2*-1;;+2. The Labute approximate surface area is 294 Å². The number of allylic oxidation sites excluding steroid dienone is 4. The van der Waals surface area contributed by atoms with Gasteiger partial charge in [0.2, 0.25) is 0 Å². The van der Waals surface area contributed by atoms with Crippen LogP contribution in [0.5, 0.6) is 0 Å². The van der Waals surface area contributed by atoms with Crippen LogP contribution in [0.3, 0.4) is 0 Å². The summed E-state index contributed by atoms with van der Waals surface area (Å²) in [6, 6.07) is 36.7. The molecule has 1 heteroatoms. The van der Waals surface area contributed by atoms with Gasteiger partial charge in [0, 0.05) is 0 Å². The van der Waals surface area contributed by atoms with E-state index in [1.165, 1.54) is 123 Å². The molecular weight excluding hydrogens is 632 g/mol. The summed E-state index contributed by atoms with van der Waals surface area (Å²) >= 11 is 1.46. The maximum absolute atomic E-state index is 3.81. The van der Waals surface area contributed by atoms with Crippen LogP contribution in [0.4, 0.5) is 0 Å². The fraction of sp³-hybridized carbons (Fsp3) is 0.333. The molecule has 0 bridgehead atoms. The van der Waals surface area contributed by atoms with E-state index in [4.69, 9.17) is 0 Å². The van der Waals surface area contributed by atoms with Gasteiger partial charge in [0.25, 0.3) is 0 Å². The maximum atomic E-state index is 3.81. The van der Waals surface area contributed by atoms with E-state index in [0.29, 0.717) is 5.92 Å². The van der Waals surface area contributed by atoms with Gasteiger partial charge in [-0.05, 0) is 20.3 Å². The molecule has 1 unspecified atom stereocenters. The van der Waals surface area contributed by atoms with Crippen LogP contribution in [-0.2, 0) is 24.2 Å². The van der Waals surface area contributed by atoms with Crippen molar-refractivity contribution in [1.29, 1.82) is 0 Å². The van der Waals surface area contributed by atoms with E-state index in [0.717, 1.165) is 0 Å². The summed E-state index contributed by atoms with van der Waals surface area (Å²) < 4.78 is 1.42. The molecule has 1 aliphatic carbocycles. The molecule has 0 radical (unpaired) electrons. The van der Waals surface area contributed by atoms with Crippen molar-refractivity contribution in [1.82, 2.24) is 0 Å². The first-order valence-electron chi connectivity index (χ1n) is 17.5. The van der Waals surface area contributed by atoms with Gasteiger partial charge in [-0.3, -0.25) is 6.08 Å². The molecule has 0 heterocycles. The molecule has 0 saturated carbocycles. The first-order chi connectivity index (χ1) is 22.4. The summed E-state index contributed by atoms with van der Waals surface area (Å²) in [5, 5.41) is 5.46. The summed E-state index contributed by atoms with van der Waals surface area (Å²) in [6.45, 7) is 13.5. The molecule has 0 aliphatic heterocycles. The van der Waals surface area contributed by atoms with Gasteiger partial charge < -0.3 is 0 Å². The molecule has 0 spiro atoms. The number of hydrogen-bond donors (Lipinski definition) is 0. The van der Waals surface area contributed by atoms with Crippen molar-refractivity contribution in [2.24, 2.45) is 5.92 Å². The van der Waals surface area contributed by atoms with Crippen LogP contribution in [0, 0.1) is 25.8 Å². The van der Waals surface area contributed by atoms with Crippen molar-refractivity contribution in [2.75, 3.05) is 0 Å². The molecule has 0 nitrogen and oxygen atoms in total. The van der Waals surface area contributed by atoms with Gasteiger partial charge in [0.05, 0.1) is 0 Å². The van der Waals surface area contributed by atoms with Gasteiger partial charge in [-0.2, -0.15) is 11.1 Å². The second kappa shape index (κ2) is 18.4. The third kappa shape index (κ3) is 9.51. The second-order valence-corrected chi connectivity index (χ2v) is 13.9. The summed E-state index contributed by atoms with van der Waals surface area (Å²) in [7, 11) is 0. The summed E-state index contributed by atoms with van der Waals surface area (Å²) in [6.07, 6.45) is 14.0. The molecule has 6 rings (SSSR count). The zero-order chi connectivity index (χ0) is 32.9. The number of fused-ring (bicyclic) bond motifs is 3. The SMILES string of the molecule is CCCC1=[C-]C(CCC)C(CCC)=C1CCC.Cc1ccc2c(c1)[cH-]c1cc(C)ccc12.[Zr+2]=[C](c1ccccc1)c1ccccc1. The first-order valence-corrected chi connectivity index (χ1v) is 18.7. The molecule has 46 heavy (non-hydrogen) atoms. The van der Waals surface area contributed by atoms with Crippen LogP contribution < -0.4 is 0 Å². The van der Waals surface area contributed by atoms with E-state index in [9.17, 15) is 0 Å². The Kier molecular flexibility index (Phi) is 14.3. The van der Waals surface area contributed by atoms with Gasteiger partial charge in [-0.15, -0.1) is 39.7 Å². The van der Waals surface area contributed by atoms with E-state index in [-0.39, 0.29) is 0 Å². The van der Waals surface area contributed by atoms with Crippen molar-refractivity contribution in [2.45, 2.75) is 92.9 Å². The molecule has 236 valence electrons. The molecule has 5 aromatic carbocycles. The Balaban J connectivity index is 0.000000157. The first kappa shape index (κ1) is 35.8. The predicted octanol–water partition coefficient (Wildman–Crippen LogP) is 13.0. The third-order valence-corrected chi connectivity index (χ3v) is 10.2. The zero-order valence-electron chi connectivity index (χ0n) is 29.0. The van der Waals surface area contributed by atoms with Crippen molar-refractivity contribution in [3.05, 3.63) is 148 Å². The Hall–Kier alpha value is -3.02. The molecule has 0 amide bonds. The number of rotatable bonds is 10.